The Labute approximate surface area is 86.3 Å². The zero-order chi connectivity index (χ0) is 10.9. The standard InChI is InChI=1S/C7H8N2O4S.H2O/c1-4-6(3-10)5(2)9-7(8-4)14(11,12)13;/h4H,1-2H3,(H,11,12,13);1H2. The van der Waals surface area contributed by atoms with Crippen molar-refractivity contribution in [2.75, 3.05) is 0 Å². The van der Waals surface area contributed by atoms with Crippen molar-refractivity contribution in [3.63, 3.8) is 0 Å². The van der Waals surface area contributed by atoms with Crippen LogP contribution >= 0.6 is 0 Å². The molecule has 0 aliphatic carbocycles. The minimum absolute atomic E-state index is 0. The van der Waals surface area contributed by atoms with Crippen molar-refractivity contribution in [3.05, 3.63) is 5.57 Å². The smallest absolute Gasteiger partial charge is 0.330 e. The van der Waals surface area contributed by atoms with Gasteiger partial charge in [0.1, 0.15) is 5.94 Å². The lowest BCUT2D eigenvalue weighted by Crippen LogP contribution is -2.24. The first-order valence-electron chi connectivity index (χ1n) is 3.72. The maximum atomic E-state index is 10.7. The number of amidine groups is 1. The van der Waals surface area contributed by atoms with Gasteiger partial charge in [0, 0.05) is 0 Å². The van der Waals surface area contributed by atoms with Crippen LogP contribution in [-0.4, -0.2) is 41.3 Å². The van der Waals surface area contributed by atoms with Crippen molar-refractivity contribution < 1.29 is 23.2 Å². The minimum atomic E-state index is -4.40. The van der Waals surface area contributed by atoms with E-state index < -0.39 is 21.3 Å². The highest BCUT2D eigenvalue weighted by Crippen LogP contribution is 2.13. The topological polar surface area (TPSA) is 128 Å². The molecule has 0 bridgehead atoms. The third-order valence-corrected chi connectivity index (χ3v) is 2.37. The molecule has 0 fully saturated rings. The molecular formula is C7H10N2O5S. The number of aliphatic imine (C=N–C) groups is 2. The molecule has 84 valence electrons. The minimum Gasteiger partial charge on any atom is -0.412 e. The summed E-state index contributed by atoms with van der Waals surface area (Å²) in [6.07, 6.45) is 0. The van der Waals surface area contributed by atoms with E-state index in [2.05, 4.69) is 9.98 Å². The normalized spacial score (nSPS) is 21.0. The Morgan fingerprint density at radius 3 is 2.33 bits per heavy atom. The first kappa shape index (κ1) is 13.7. The molecule has 0 aromatic rings. The molecule has 0 saturated heterocycles. The quantitative estimate of drug-likeness (QED) is 0.427. The molecule has 0 aromatic heterocycles. The van der Waals surface area contributed by atoms with Gasteiger partial charge >= 0.3 is 10.1 Å². The van der Waals surface area contributed by atoms with Crippen LogP contribution in [0.1, 0.15) is 13.8 Å². The second-order valence-corrected chi connectivity index (χ2v) is 4.09. The lowest BCUT2D eigenvalue weighted by atomic mass is 10.1. The molecule has 1 aliphatic rings. The summed E-state index contributed by atoms with van der Waals surface area (Å²) in [6, 6.07) is -0.651. The highest BCUT2D eigenvalue weighted by atomic mass is 32.2. The number of hydrogen-bond donors (Lipinski definition) is 1. The third kappa shape index (κ3) is 2.80. The van der Waals surface area contributed by atoms with E-state index in [1.807, 2.05) is 0 Å². The van der Waals surface area contributed by atoms with Crippen molar-refractivity contribution in [2.24, 2.45) is 9.98 Å². The van der Waals surface area contributed by atoms with Gasteiger partial charge in [-0.1, -0.05) is 0 Å². The van der Waals surface area contributed by atoms with Gasteiger partial charge in [-0.15, -0.1) is 0 Å². The molecule has 1 heterocycles. The van der Waals surface area contributed by atoms with E-state index in [-0.39, 0.29) is 16.8 Å². The highest BCUT2D eigenvalue weighted by Gasteiger charge is 2.25. The zero-order valence-electron chi connectivity index (χ0n) is 8.05. The molecule has 0 radical (unpaired) electrons. The summed E-state index contributed by atoms with van der Waals surface area (Å²) in [5.41, 5.74) is 0.396. The number of carbonyl (C=O) groups excluding carboxylic acids is 1. The molecule has 1 atom stereocenters. The van der Waals surface area contributed by atoms with Crippen molar-refractivity contribution in [2.45, 2.75) is 19.9 Å². The molecule has 1 unspecified atom stereocenters. The number of hydrogen-bond acceptors (Lipinski definition) is 5. The summed E-state index contributed by atoms with van der Waals surface area (Å²) in [4.78, 5) is 17.4. The SMILES string of the molecule is CC1=NC(S(=O)(=O)O)=NC(C)C1=C=O.O. The van der Waals surface area contributed by atoms with Crippen LogP contribution in [0.3, 0.4) is 0 Å². The Morgan fingerprint density at radius 1 is 1.47 bits per heavy atom. The molecule has 8 heteroatoms. The Balaban J connectivity index is 0.00000196. The maximum absolute atomic E-state index is 10.7. The molecule has 0 aromatic carbocycles. The summed E-state index contributed by atoms with van der Waals surface area (Å²) in [6.45, 7) is 2.97. The Hall–Kier alpha value is -1.34. The molecule has 0 amide bonds. The van der Waals surface area contributed by atoms with E-state index in [9.17, 15) is 13.2 Å². The molecule has 0 saturated carbocycles. The van der Waals surface area contributed by atoms with Crippen LogP contribution < -0.4 is 0 Å². The van der Waals surface area contributed by atoms with Gasteiger partial charge in [-0.25, -0.2) is 14.8 Å². The second-order valence-electron chi connectivity index (χ2n) is 2.78. The predicted molar refractivity (Wildman–Crippen MR) is 54.4 cm³/mol. The van der Waals surface area contributed by atoms with E-state index >= 15 is 0 Å². The van der Waals surface area contributed by atoms with E-state index in [4.69, 9.17) is 4.55 Å². The molecule has 1 aliphatic heterocycles. The van der Waals surface area contributed by atoms with Crippen LogP contribution in [0.4, 0.5) is 0 Å². The lowest BCUT2D eigenvalue weighted by Gasteiger charge is -2.13. The third-order valence-electron chi connectivity index (χ3n) is 1.72. The summed E-state index contributed by atoms with van der Waals surface area (Å²) in [5, 5.41) is -0.665. The molecule has 7 nitrogen and oxygen atoms in total. The van der Waals surface area contributed by atoms with Crippen molar-refractivity contribution in [3.8, 4) is 0 Å². The fourth-order valence-corrected chi connectivity index (χ4v) is 1.59. The van der Waals surface area contributed by atoms with E-state index in [1.54, 1.807) is 5.94 Å². The van der Waals surface area contributed by atoms with Gasteiger partial charge in [-0.3, -0.25) is 4.55 Å². The van der Waals surface area contributed by atoms with E-state index in [0.29, 0.717) is 0 Å². The van der Waals surface area contributed by atoms with E-state index in [0.717, 1.165) is 0 Å². The van der Waals surface area contributed by atoms with Crippen molar-refractivity contribution >= 4 is 26.9 Å². The molecule has 15 heavy (non-hydrogen) atoms. The monoisotopic (exact) mass is 234 g/mol. The Morgan fingerprint density at radius 2 is 2.00 bits per heavy atom. The van der Waals surface area contributed by atoms with Crippen LogP contribution in [0.5, 0.6) is 0 Å². The van der Waals surface area contributed by atoms with Gasteiger partial charge < -0.3 is 5.48 Å². The van der Waals surface area contributed by atoms with Gasteiger partial charge in [-0.05, 0) is 13.8 Å². The largest absolute Gasteiger partial charge is 0.412 e. The predicted octanol–water partition coefficient (Wildman–Crippen LogP) is -0.973. The van der Waals surface area contributed by atoms with Gasteiger partial charge in [0.05, 0.1) is 17.3 Å². The number of nitrogens with zero attached hydrogens (tertiary/aromatic N) is 2. The van der Waals surface area contributed by atoms with Gasteiger partial charge in [0.2, 0.25) is 0 Å². The molecule has 3 N–H and O–H groups in total. The summed E-state index contributed by atoms with van der Waals surface area (Å²) in [7, 11) is -4.40. The first-order chi connectivity index (χ1) is 6.36. The van der Waals surface area contributed by atoms with Crippen molar-refractivity contribution in [1.29, 1.82) is 0 Å². The van der Waals surface area contributed by atoms with Gasteiger partial charge in [0.15, 0.2) is 0 Å². The Kier molecular flexibility index (Phi) is 4.06. The summed E-state index contributed by atoms with van der Waals surface area (Å²) in [5.74, 6) is 1.63. The Bertz CT molecular complexity index is 470. The van der Waals surface area contributed by atoms with Crippen LogP contribution in [0.2, 0.25) is 0 Å². The lowest BCUT2D eigenvalue weighted by molar-refractivity contribution is 0.497. The van der Waals surface area contributed by atoms with Crippen LogP contribution in [0.25, 0.3) is 0 Å². The molecule has 0 spiro atoms. The van der Waals surface area contributed by atoms with Crippen LogP contribution in [-0.2, 0) is 14.9 Å². The fourth-order valence-electron chi connectivity index (χ4n) is 1.05. The highest BCUT2D eigenvalue weighted by molar-refractivity contribution is 8.01. The van der Waals surface area contributed by atoms with Crippen molar-refractivity contribution in [1.82, 2.24) is 0 Å². The number of rotatable bonds is 0. The van der Waals surface area contributed by atoms with Crippen LogP contribution in [0.15, 0.2) is 15.6 Å². The summed E-state index contributed by atoms with van der Waals surface area (Å²) < 4.78 is 30.0. The average Bonchev–Trinajstić information content (AvgIpc) is 2.01. The summed E-state index contributed by atoms with van der Waals surface area (Å²) >= 11 is 0. The maximum Gasteiger partial charge on any atom is 0.330 e. The second kappa shape index (κ2) is 4.45. The zero-order valence-corrected chi connectivity index (χ0v) is 8.87. The van der Waals surface area contributed by atoms with E-state index in [1.165, 1.54) is 13.8 Å². The molecule has 1 rings (SSSR count). The first-order valence-corrected chi connectivity index (χ1v) is 5.16. The fraction of sp³-hybridized carbons (Fsp3) is 0.429. The average molecular weight is 234 g/mol. The van der Waals surface area contributed by atoms with Gasteiger partial charge in [0.25, 0.3) is 5.17 Å². The molecular weight excluding hydrogens is 224 g/mol. The van der Waals surface area contributed by atoms with Gasteiger partial charge in [-0.2, -0.15) is 8.42 Å². The van der Waals surface area contributed by atoms with Crippen LogP contribution in [0, 0.1) is 0 Å².